The van der Waals surface area contributed by atoms with Crippen LogP contribution in [0.2, 0.25) is 5.02 Å². The maximum Gasteiger partial charge on any atom is 0.270 e. The van der Waals surface area contributed by atoms with Gasteiger partial charge in [0.15, 0.2) is 0 Å². The van der Waals surface area contributed by atoms with Crippen LogP contribution in [0.1, 0.15) is 19.7 Å². The van der Waals surface area contributed by atoms with Gasteiger partial charge in [-0.2, -0.15) is 9.71 Å². The lowest BCUT2D eigenvalue weighted by atomic mass is 10.2. The Morgan fingerprint density at radius 1 is 1.32 bits per heavy atom. The molecule has 3 rings (SSSR count). The van der Waals surface area contributed by atoms with E-state index in [0.717, 1.165) is 11.3 Å². The van der Waals surface area contributed by atoms with Crippen molar-refractivity contribution < 1.29 is 17.7 Å². The lowest BCUT2D eigenvalue weighted by molar-refractivity contribution is -0.118. The predicted octanol–water partition coefficient (Wildman–Crippen LogP) is 2.31. The summed E-state index contributed by atoms with van der Waals surface area (Å²) in [4.78, 5) is 15.8. The van der Waals surface area contributed by atoms with Gasteiger partial charge < -0.3 is 9.84 Å². The second kappa shape index (κ2) is 8.31. The lowest BCUT2D eigenvalue weighted by Gasteiger charge is -2.02. The van der Waals surface area contributed by atoms with E-state index in [1.165, 1.54) is 0 Å². The van der Waals surface area contributed by atoms with Gasteiger partial charge in [-0.05, 0) is 12.1 Å². The Kier molecular flexibility index (Phi) is 6.03. The van der Waals surface area contributed by atoms with Crippen molar-refractivity contribution in [3.05, 3.63) is 35.2 Å². The summed E-state index contributed by atoms with van der Waals surface area (Å²) in [6.07, 6.45) is 0. The number of hydrogen-bond donors (Lipinski definition) is 2. The highest BCUT2D eigenvalue weighted by Gasteiger charge is 2.22. The highest BCUT2D eigenvalue weighted by molar-refractivity contribution is 7.91. The lowest BCUT2D eigenvalue weighted by Crippen LogP contribution is -2.23. The number of hydrogen-bond acceptors (Lipinski definition) is 9. The Morgan fingerprint density at radius 3 is 2.82 bits per heavy atom. The van der Waals surface area contributed by atoms with Gasteiger partial charge in [0.2, 0.25) is 27.1 Å². The van der Waals surface area contributed by atoms with E-state index in [0.29, 0.717) is 10.6 Å². The van der Waals surface area contributed by atoms with E-state index in [1.807, 2.05) is 0 Å². The van der Waals surface area contributed by atoms with Crippen molar-refractivity contribution in [2.24, 2.45) is 5.92 Å². The number of sulfonamides is 1. The largest absolute Gasteiger partial charge is 0.338 e. The molecule has 148 valence electrons. The number of halogens is 1. The zero-order valence-electron chi connectivity index (χ0n) is 14.7. The molecule has 0 atom stereocenters. The van der Waals surface area contributed by atoms with Crippen molar-refractivity contribution in [3.63, 3.8) is 0 Å². The summed E-state index contributed by atoms with van der Waals surface area (Å²) in [5, 5.41) is 14.2. The number of carbonyl (C=O) groups is 1. The average molecular weight is 443 g/mol. The van der Waals surface area contributed by atoms with E-state index in [9.17, 15) is 13.2 Å². The van der Waals surface area contributed by atoms with Gasteiger partial charge in [0, 0.05) is 16.5 Å². The zero-order chi connectivity index (χ0) is 20.3. The molecule has 0 unspecified atom stereocenters. The van der Waals surface area contributed by atoms with Crippen molar-refractivity contribution in [1.29, 1.82) is 0 Å². The highest BCUT2D eigenvalue weighted by atomic mass is 35.5. The summed E-state index contributed by atoms with van der Waals surface area (Å²) in [6.45, 7) is 3.18. The Labute approximate surface area is 169 Å². The van der Waals surface area contributed by atoms with E-state index in [4.69, 9.17) is 16.1 Å². The Bertz CT molecular complexity index is 1100. The van der Waals surface area contributed by atoms with E-state index in [1.54, 1.807) is 38.1 Å². The second-order valence-electron chi connectivity index (χ2n) is 5.86. The maximum atomic E-state index is 12.3. The SMILES string of the molecule is CC(C)C(=O)Nc1nnc(S(=O)(=O)NCc2nc(-c3cccc(Cl)c3)no2)s1. The van der Waals surface area contributed by atoms with E-state index >= 15 is 0 Å². The first kappa shape index (κ1) is 20.3. The van der Waals surface area contributed by atoms with Gasteiger partial charge in [-0.15, -0.1) is 10.2 Å². The van der Waals surface area contributed by atoms with Gasteiger partial charge in [0.05, 0.1) is 6.54 Å². The van der Waals surface area contributed by atoms with Crippen molar-refractivity contribution in [1.82, 2.24) is 25.1 Å². The maximum absolute atomic E-state index is 12.3. The molecule has 28 heavy (non-hydrogen) atoms. The molecule has 2 N–H and O–H groups in total. The number of benzene rings is 1. The molecule has 0 spiro atoms. The fourth-order valence-electron chi connectivity index (χ4n) is 1.91. The molecule has 0 radical (unpaired) electrons. The van der Waals surface area contributed by atoms with E-state index in [2.05, 4.69) is 30.4 Å². The van der Waals surface area contributed by atoms with Crippen LogP contribution in [0.3, 0.4) is 0 Å². The van der Waals surface area contributed by atoms with Gasteiger partial charge in [0.25, 0.3) is 10.0 Å². The molecule has 2 heterocycles. The summed E-state index contributed by atoms with van der Waals surface area (Å²) in [5.74, 6) is -0.205. The third-order valence-corrected chi connectivity index (χ3v) is 6.20. The molecule has 0 fully saturated rings. The van der Waals surface area contributed by atoms with Crippen LogP contribution in [-0.4, -0.2) is 34.7 Å². The van der Waals surface area contributed by atoms with Crippen LogP contribution in [0, 0.1) is 5.92 Å². The van der Waals surface area contributed by atoms with Crippen LogP contribution in [0.25, 0.3) is 11.4 Å². The minimum Gasteiger partial charge on any atom is -0.338 e. The molecular formula is C15H15ClN6O4S2. The Hall–Kier alpha value is -2.41. The molecule has 0 bridgehead atoms. The fraction of sp³-hybridized carbons (Fsp3) is 0.267. The summed E-state index contributed by atoms with van der Waals surface area (Å²) < 4.78 is 31.7. The van der Waals surface area contributed by atoms with E-state index in [-0.39, 0.29) is 39.6 Å². The highest BCUT2D eigenvalue weighted by Crippen LogP contribution is 2.22. The Balaban J connectivity index is 1.66. The monoisotopic (exact) mass is 442 g/mol. The number of nitrogens with one attached hydrogen (secondary N) is 2. The van der Waals surface area contributed by atoms with Gasteiger partial charge in [-0.1, -0.05) is 54.1 Å². The number of nitrogens with zero attached hydrogens (tertiary/aromatic N) is 4. The summed E-state index contributed by atoms with van der Waals surface area (Å²) >= 11 is 6.66. The van der Waals surface area contributed by atoms with Gasteiger partial charge in [-0.3, -0.25) is 4.79 Å². The van der Waals surface area contributed by atoms with Crippen molar-refractivity contribution in [3.8, 4) is 11.4 Å². The third kappa shape index (κ3) is 4.90. The molecule has 0 saturated heterocycles. The molecule has 0 aliphatic rings. The first-order chi connectivity index (χ1) is 13.2. The second-order valence-corrected chi connectivity index (χ2v) is 9.22. The summed E-state index contributed by atoms with van der Waals surface area (Å²) in [7, 11) is -3.96. The van der Waals surface area contributed by atoms with Crippen molar-refractivity contribution in [2.75, 3.05) is 5.32 Å². The van der Waals surface area contributed by atoms with Crippen LogP contribution in [0.4, 0.5) is 5.13 Å². The van der Waals surface area contributed by atoms with Gasteiger partial charge in [0.1, 0.15) is 0 Å². The normalized spacial score (nSPS) is 11.7. The summed E-state index contributed by atoms with van der Waals surface area (Å²) in [5.41, 5.74) is 0.639. The molecule has 10 nitrogen and oxygen atoms in total. The van der Waals surface area contributed by atoms with Crippen LogP contribution in [0.5, 0.6) is 0 Å². The minimum atomic E-state index is -3.96. The van der Waals surface area contributed by atoms with E-state index < -0.39 is 10.0 Å². The molecule has 3 aromatic rings. The molecule has 1 aromatic carbocycles. The van der Waals surface area contributed by atoms with Crippen LogP contribution < -0.4 is 10.0 Å². The number of carbonyl (C=O) groups excluding carboxylic acids is 1. The summed E-state index contributed by atoms with van der Waals surface area (Å²) in [6, 6.07) is 6.86. The van der Waals surface area contributed by atoms with Crippen LogP contribution >= 0.6 is 22.9 Å². The molecule has 0 aliphatic heterocycles. The number of anilines is 1. The smallest absolute Gasteiger partial charge is 0.270 e. The minimum absolute atomic E-state index is 0.0661. The quantitative estimate of drug-likeness (QED) is 0.531. The molecule has 2 aromatic heterocycles. The molecule has 0 aliphatic carbocycles. The topological polar surface area (TPSA) is 140 Å². The van der Waals surface area contributed by atoms with Crippen molar-refractivity contribution in [2.45, 2.75) is 24.7 Å². The van der Waals surface area contributed by atoms with Crippen molar-refractivity contribution >= 4 is 44.0 Å². The number of amides is 1. The number of aromatic nitrogens is 4. The van der Waals surface area contributed by atoms with Crippen LogP contribution in [0.15, 0.2) is 33.1 Å². The fourth-order valence-corrected chi connectivity index (χ4v) is 4.02. The van der Waals surface area contributed by atoms with Gasteiger partial charge in [-0.25, -0.2) is 8.42 Å². The number of rotatable bonds is 7. The molecular weight excluding hydrogens is 428 g/mol. The Morgan fingerprint density at radius 2 is 2.11 bits per heavy atom. The first-order valence-electron chi connectivity index (χ1n) is 7.97. The van der Waals surface area contributed by atoms with Crippen LogP contribution in [-0.2, 0) is 21.4 Å². The molecule has 1 amide bonds. The zero-order valence-corrected chi connectivity index (χ0v) is 17.1. The first-order valence-corrected chi connectivity index (χ1v) is 10.6. The third-order valence-electron chi connectivity index (χ3n) is 3.36. The van der Waals surface area contributed by atoms with Gasteiger partial charge >= 0.3 is 0 Å². The molecule has 13 heteroatoms. The molecule has 0 saturated carbocycles. The predicted molar refractivity (Wildman–Crippen MR) is 102 cm³/mol. The standard InChI is InChI=1S/C15H15ClN6O4S2/c1-8(2)13(23)19-14-20-21-15(27-14)28(24,25)17-7-11-18-12(22-26-11)9-4-3-5-10(16)6-9/h3-6,8,17H,7H2,1-2H3,(H,19,20,23). The average Bonchev–Trinajstić information content (AvgIpc) is 3.30.